The Labute approximate surface area is 94.3 Å². The van der Waals surface area contributed by atoms with Crippen LogP contribution in [-0.4, -0.2) is 17.5 Å². The molecule has 4 heteroatoms. The van der Waals surface area contributed by atoms with E-state index in [0.717, 1.165) is 29.6 Å². The summed E-state index contributed by atoms with van der Waals surface area (Å²) in [6.45, 7) is 6.20. The highest BCUT2D eigenvalue weighted by Gasteiger charge is 2.23. The van der Waals surface area contributed by atoms with Gasteiger partial charge in [0, 0.05) is 24.4 Å². The normalized spacial score (nSPS) is 19.7. The fourth-order valence-electron chi connectivity index (χ4n) is 1.32. The van der Waals surface area contributed by atoms with Gasteiger partial charge in [0.05, 0.1) is 12.5 Å². The highest BCUT2D eigenvalue weighted by atomic mass is 32.2. The lowest BCUT2D eigenvalue weighted by Gasteiger charge is -2.27. The number of furan rings is 1. The predicted molar refractivity (Wildman–Crippen MR) is 64.1 cm³/mol. The lowest BCUT2D eigenvalue weighted by Crippen LogP contribution is -2.30. The van der Waals surface area contributed by atoms with Gasteiger partial charge in [0.1, 0.15) is 0 Å². The number of nitrogens with zero attached hydrogens (tertiary/aromatic N) is 1. The van der Waals surface area contributed by atoms with Crippen molar-refractivity contribution in [3.05, 3.63) is 24.2 Å². The second kappa shape index (κ2) is 4.31. The van der Waals surface area contributed by atoms with Crippen molar-refractivity contribution >= 4 is 16.9 Å². The molecule has 1 aromatic rings. The molecule has 15 heavy (non-hydrogen) atoms. The Kier molecular flexibility index (Phi) is 3.05. The molecule has 0 fully saturated rings. The zero-order valence-corrected chi connectivity index (χ0v) is 9.93. The van der Waals surface area contributed by atoms with Crippen LogP contribution in [0.15, 0.2) is 28.0 Å². The van der Waals surface area contributed by atoms with Gasteiger partial charge in [0.15, 0.2) is 5.17 Å². The van der Waals surface area contributed by atoms with Gasteiger partial charge in [-0.05, 0) is 11.5 Å². The van der Waals surface area contributed by atoms with Crippen LogP contribution in [0.1, 0.15) is 19.4 Å². The van der Waals surface area contributed by atoms with Gasteiger partial charge in [-0.2, -0.15) is 0 Å². The third-order valence-electron chi connectivity index (χ3n) is 2.27. The molecule has 0 aromatic carbocycles. The molecule has 0 radical (unpaired) electrons. The minimum absolute atomic E-state index is 0.339. The van der Waals surface area contributed by atoms with Crippen molar-refractivity contribution in [2.45, 2.75) is 20.4 Å². The highest BCUT2D eigenvalue weighted by Crippen LogP contribution is 2.27. The van der Waals surface area contributed by atoms with Crippen LogP contribution in [0.3, 0.4) is 0 Å². The van der Waals surface area contributed by atoms with E-state index in [9.17, 15) is 0 Å². The topological polar surface area (TPSA) is 37.5 Å². The summed E-state index contributed by atoms with van der Waals surface area (Å²) in [4.78, 5) is 4.52. The van der Waals surface area contributed by atoms with Gasteiger partial charge in [-0.15, -0.1) is 0 Å². The van der Waals surface area contributed by atoms with Gasteiger partial charge in [-0.25, -0.2) is 0 Å². The van der Waals surface area contributed by atoms with Crippen molar-refractivity contribution < 1.29 is 4.42 Å². The Morgan fingerprint density at radius 2 is 2.47 bits per heavy atom. The van der Waals surface area contributed by atoms with Gasteiger partial charge in [0.2, 0.25) is 0 Å². The number of thioether (sulfide) groups is 1. The first-order valence-electron chi connectivity index (χ1n) is 5.08. The molecule has 3 nitrogen and oxygen atoms in total. The van der Waals surface area contributed by atoms with Crippen LogP contribution >= 0.6 is 11.8 Å². The summed E-state index contributed by atoms with van der Waals surface area (Å²) in [6.07, 6.45) is 3.45. The molecule has 0 atom stereocenters. The Morgan fingerprint density at radius 3 is 3.07 bits per heavy atom. The maximum atomic E-state index is 5.00. The average Bonchev–Trinajstić information content (AvgIpc) is 2.69. The molecule has 0 spiro atoms. The molecule has 2 heterocycles. The Hall–Kier alpha value is -0.900. The Balaban J connectivity index is 1.84. The zero-order valence-electron chi connectivity index (χ0n) is 9.12. The first-order chi connectivity index (χ1) is 7.16. The quantitative estimate of drug-likeness (QED) is 0.838. The molecule has 0 unspecified atom stereocenters. The molecule has 1 N–H and O–H groups in total. The number of amidine groups is 1. The van der Waals surface area contributed by atoms with E-state index in [1.54, 1.807) is 24.3 Å². The summed E-state index contributed by atoms with van der Waals surface area (Å²) in [7, 11) is 0. The van der Waals surface area contributed by atoms with E-state index in [0.29, 0.717) is 5.41 Å². The van der Waals surface area contributed by atoms with Gasteiger partial charge in [-0.3, -0.25) is 4.99 Å². The van der Waals surface area contributed by atoms with E-state index in [2.05, 4.69) is 24.2 Å². The largest absolute Gasteiger partial charge is 0.472 e. The first kappa shape index (κ1) is 10.6. The minimum atomic E-state index is 0.339. The summed E-state index contributed by atoms with van der Waals surface area (Å²) >= 11 is 1.80. The van der Waals surface area contributed by atoms with Crippen LogP contribution < -0.4 is 5.32 Å². The maximum Gasteiger partial charge on any atom is 0.156 e. The molecule has 1 aliphatic rings. The summed E-state index contributed by atoms with van der Waals surface area (Å²) in [5.74, 6) is 1.13. The fraction of sp³-hybridized carbons (Fsp3) is 0.545. The van der Waals surface area contributed by atoms with Crippen molar-refractivity contribution in [1.82, 2.24) is 5.32 Å². The molecule has 1 aliphatic heterocycles. The van der Waals surface area contributed by atoms with Gasteiger partial charge < -0.3 is 9.73 Å². The average molecular weight is 224 g/mol. The molecule has 82 valence electrons. The van der Waals surface area contributed by atoms with Crippen LogP contribution in [0.5, 0.6) is 0 Å². The van der Waals surface area contributed by atoms with E-state index in [-0.39, 0.29) is 0 Å². The SMILES string of the molecule is CC1(C)CN=C(NCc2ccoc2)SC1. The molecule has 1 aromatic heterocycles. The third-order valence-corrected chi connectivity index (χ3v) is 3.75. The van der Waals surface area contributed by atoms with Crippen LogP contribution in [-0.2, 0) is 6.54 Å². The Bertz CT molecular complexity index is 343. The summed E-state index contributed by atoms with van der Waals surface area (Å²) in [6, 6.07) is 1.96. The van der Waals surface area contributed by atoms with E-state index in [1.807, 2.05) is 6.07 Å². The maximum absolute atomic E-state index is 5.00. The number of aliphatic imine (C=N–C) groups is 1. The first-order valence-corrected chi connectivity index (χ1v) is 6.06. The fourth-order valence-corrected chi connectivity index (χ4v) is 2.27. The van der Waals surface area contributed by atoms with Crippen LogP contribution in [0, 0.1) is 5.41 Å². The molecule has 0 saturated carbocycles. The van der Waals surface area contributed by atoms with E-state index >= 15 is 0 Å². The van der Waals surface area contributed by atoms with E-state index < -0.39 is 0 Å². The van der Waals surface area contributed by atoms with Crippen LogP contribution in [0.2, 0.25) is 0 Å². The molecular weight excluding hydrogens is 208 g/mol. The third kappa shape index (κ3) is 3.02. The number of hydrogen-bond donors (Lipinski definition) is 1. The molecule has 0 saturated heterocycles. The minimum Gasteiger partial charge on any atom is -0.472 e. The molecule has 0 amide bonds. The summed E-state index contributed by atoms with van der Waals surface area (Å²) < 4.78 is 5.00. The van der Waals surface area contributed by atoms with Crippen LogP contribution in [0.4, 0.5) is 0 Å². The molecule has 2 rings (SSSR count). The smallest absolute Gasteiger partial charge is 0.156 e. The van der Waals surface area contributed by atoms with Crippen molar-refractivity contribution in [2.75, 3.05) is 12.3 Å². The van der Waals surface area contributed by atoms with Gasteiger partial charge in [-0.1, -0.05) is 25.6 Å². The molecule has 0 bridgehead atoms. The summed E-state index contributed by atoms with van der Waals surface area (Å²) in [5.41, 5.74) is 1.49. The van der Waals surface area contributed by atoms with Gasteiger partial charge >= 0.3 is 0 Å². The highest BCUT2D eigenvalue weighted by molar-refractivity contribution is 8.13. The van der Waals surface area contributed by atoms with Crippen LogP contribution in [0.25, 0.3) is 0 Å². The molecule has 0 aliphatic carbocycles. The monoisotopic (exact) mass is 224 g/mol. The second-order valence-corrected chi connectivity index (χ2v) is 5.52. The van der Waals surface area contributed by atoms with Crippen molar-refractivity contribution in [2.24, 2.45) is 10.4 Å². The molecular formula is C11H16N2OS. The van der Waals surface area contributed by atoms with Crippen molar-refractivity contribution in [3.63, 3.8) is 0 Å². The predicted octanol–water partition coefficient (Wildman–Crippen LogP) is 2.50. The second-order valence-electron chi connectivity index (χ2n) is 4.56. The van der Waals surface area contributed by atoms with Gasteiger partial charge in [0.25, 0.3) is 0 Å². The van der Waals surface area contributed by atoms with E-state index in [1.165, 1.54) is 0 Å². The number of hydrogen-bond acceptors (Lipinski definition) is 4. The number of nitrogens with one attached hydrogen (secondary N) is 1. The van der Waals surface area contributed by atoms with Crippen molar-refractivity contribution in [1.29, 1.82) is 0 Å². The lowest BCUT2D eigenvalue weighted by atomic mass is 9.97. The summed E-state index contributed by atoms with van der Waals surface area (Å²) in [5, 5.41) is 4.37. The number of rotatable bonds is 2. The zero-order chi connectivity index (χ0) is 10.7. The Morgan fingerprint density at radius 1 is 1.60 bits per heavy atom. The standard InChI is InChI=1S/C11H16N2OS/c1-11(2)7-13-10(15-8-11)12-5-9-3-4-14-6-9/h3-4,6H,5,7-8H2,1-2H3,(H,12,13). The lowest BCUT2D eigenvalue weighted by molar-refractivity contribution is 0.436. The van der Waals surface area contributed by atoms with E-state index in [4.69, 9.17) is 4.42 Å². The van der Waals surface area contributed by atoms with Crippen molar-refractivity contribution in [3.8, 4) is 0 Å².